The van der Waals surface area contributed by atoms with Gasteiger partial charge in [-0.25, -0.2) is 0 Å². The fraction of sp³-hybridized carbons (Fsp3) is 0.632. The molecule has 1 saturated heterocycles. The van der Waals surface area contributed by atoms with Gasteiger partial charge in [-0.2, -0.15) is 13.2 Å². The van der Waals surface area contributed by atoms with Crippen LogP contribution in [0.4, 0.5) is 13.2 Å². The maximum atomic E-state index is 12.6. The Balaban J connectivity index is 0.00000338. The van der Waals surface area contributed by atoms with Gasteiger partial charge in [0.25, 0.3) is 0 Å². The van der Waals surface area contributed by atoms with Crippen LogP contribution in [0.15, 0.2) is 24.3 Å². The molecule has 0 saturated carbocycles. The lowest BCUT2D eigenvalue weighted by atomic mass is 9.92. The molecule has 26 heavy (non-hydrogen) atoms. The molecule has 1 amide bonds. The van der Waals surface area contributed by atoms with E-state index in [1.807, 2.05) is 18.9 Å². The normalized spacial score (nSPS) is 16.9. The molecular formula is C19H28ClF3N2O. The summed E-state index contributed by atoms with van der Waals surface area (Å²) in [5.74, 6) is 0.681. The number of benzene rings is 1. The lowest BCUT2D eigenvalue weighted by Gasteiger charge is -2.32. The quantitative estimate of drug-likeness (QED) is 0.774. The van der Waals surface area contributed by atoms with Crippen molar-refractivity contribution in [1.29, 1.82) is 0 Å². The summed E-state index contributed by atoms with van der Waals surface area (Å²) in [5.41, 5.74) is 0.115. The highest BCUT2D eigenvalue weighted by molar-refractivity contribution is 5.85. The summed E-state index contributed by atoms with van der Waals surface area (Å²) >= 11 is 0. The number of hydrogen-bond acceptors (Lipinski definition) is 2. The van der Waals surface area contributed by atoms with Gasteiger partial charge in [0.1, 0.15) is 0 Å². The van der Waals surface area contributed by atoms with Gasteiger partial charge in [0.05, 0.1) is 5.56 Å². The standard InChI is InChI=1S/C19H27F3N2O.ClH/c1-14(16-3-5-17(6-4-16)19(20,21)22)13-18(25)24-11-8-15(9-12-24)7-10-23-2;/h3-6,14-15,23H,7-13H2,1-2H3;1H. The fourth-order valence-electron chi connectivity index (χ4n) is 3.33. The van der Waals surface area contributed by atoms with E-state index in [0.29, 0.717) is 12.3 Å². The highest BCUT2D eigenvalue weighted by Crippen LogP contribution is 2.31. The van der Waals surface area contributed by atoms with Crippen molar-refractivity contribution in [3.8, 4) is 0 Å². The Bertz CT molecular complexity index is 555. The minimum Gasteiger partial charge on any atom is -0.343 e. The van der Waals surface area contributed by atoms with Gasteiger partial charge in [0, 0.05) is 19.5 Å². The number of piperidine rings is 1. The van der Waals surface area contributed by atoms with Gasteiger partial charge in [-0.3, -0.25) is 4.79 Å². The van der Waals surface area contributed by atoms with Crippen LogP contribution in [0, 0.1) is 5.92 Å². The first kappa shape index (κ1) is 22.8. The summed E-state index contributed by atoms with van der Waals surface area (Å²) in [7, 11) is 1.95. The molecule has 3 nitrogen and oxygen atoms in total. The minimum absolute atomic E-state index is 0. The molecule has 1 aromatic rings. The monoisotopic (exact) mass is 392 g/mol. The molecule has 148 valence electrons. The summed E-state index contributed by atoms with van der Waals surface area (Å²) in [4.78, 5) is 14.4. The van der Waals surface area contributed by atoms with Crippen LogP contribution in [-0.2, 0) is 11.0 Å². The molecule has 0 bridgehead atoms. The van der Waals surface area contributed by atoms with Crippen molar-refractivity contribution in [2.24, 2.45) is 5.92 Å². The maximum Gasteiger partial charge on any atom is 0.416 e. The van der Waals surface area contributed by atoms with E-state index in [4.69, 9.17) is 0 Å². The Labute approximate surface area is 159 Å². The molecule has 2 rings (SSSR count). The SMILES string of the molecule is CNCCC1CCN(C(=O)CC(C)c2ccc(C(F)(F)F)cc2)CC1.Cl. The second-order valence-electron chi connectivity index (χ2n) is 6.94. The van der Waals surface area contributed by atoms with E-state index in [0.717, 1.165) is 56.6 Å². The first-order valence-corrected chi connectivity index (χ1v) is 8.90. The van der Waals surface area contributed by atoms with Gasteiger partial charge in [0.15, 0.2) is 0 Å². The zero-order chi connectivity index (χ0) is 18.4. The van der Waals surface area contributed by atoms with Crippen LogP contribution >= 0.6 is 12.4 Å². The summed E-state index contributed by atoms with van der Waals surface area (Å²) in [6.45, 7) is 4.46. The molecule has 1 N–H and O–H groups in total. The first-order chi connectivity index (χ1) is 11.8. The van der Waals surface area contributed by atoms with E-state index < -0.39 is 11.7 Å². The summed E-state index contributed by atoms with van der Waals surface area (Å²) in [5, 5.41) is 3.16. The zero-order valence-corrected chi connectivity index (χ0v) is 16.1. The number of halogens is 4. The average Bonchev–Trinajstić information content (AvgIpc) is 2.59. The Morgan fingerprint density at radius 2 is 1.81 bits per heavy atom. The predicted octanol–water partition coefficient (Wildman–Crippen LogP) is 4.47. The molecular weight excluding hydrogens is 365 g/mol. The van der Waals surface area contributed by atoms with Gasteiger partial charge >= 0.3 is 6.18 Å². The molecule has 1 atom stereocenters. The molecule has 0 aliphatic carbocycles. The highest BCUT2D eigenvalue weighted by Gasteiger charge is 2.30. The van der Waals surface area contributed by atoms with Crippen molar-refractivity contribution >= 4 is 18.3 Å². The number of hydrogen-bond donors (Lipinski definition) is 1. The number of carbonyl (C=O) groups is 1. The van der Waals surface area contributed by atoms with Gasteiger partial charge < -0.3 is 10.2 Å². The van der Waals surface area contributed by atoms with Crippen LogP contribution in [0.5, 0.6) is 0 Å². The average molecular weight is 393 g/mol. The van der Waals surface area contributed by atoms with Crippen molar-refractivity contribution in [1.82, 2.24) is 10.2 Å². The maximum absolute atomic E-state index is 12.6. The third kappa shape index (κ3) is 6.47. The number of nitrogens with zero attached hydrogens (tertiary/aromatic N) is 1. The van der Waals surface area contributed by atoms with E-state index in [2.05, 4.69) is 5.32 Å². The Kier molecular flexibility index (Phi) is 8.90. The van der Waals surface area contributed by atoms with E-state index in [1.54, 1.807) is 0 Å². The molecule has 1 heterocycles. The van der Waals surface area contributed by atoms with Crippen molar-refractivity contribution in [2.45, 2.75) is 44.7 Å². The lowest BCUT2D eigenvalue weighted by molar-refractivity contribution is -0.137. The minimum atomic E-state index is -4.32. The molecule has 0 aromatic heterocycles. The second kappa shape index (κ2) is 10.2. The summed E-state index contributed by atoms with van der Waals surface area (Å²) in [6.07, 6.45) is -0.785. The van der Waals surface area contributed by atoms with Crippen molar-refractivity contribution in [2.75, 3.05) is 26.7 Å². The Hall–Kier alpha value is -1.27. The largest absolute Gasteiger partial charge is 0.416 e. The zero-order valence-electron chi connectivity index (χ0n) is 15.3. The van der Waals surface area contributed by atoms with Gasteiger partial charge in [-0.1, -0.05) is 19.1 Å². The van der Waals surface area contributed by atoms with Gasteiger partial charge in [-0.05, 0) is 62.4 Å². The Morgan fingerprint density at radius 3 is 2.31 bits per heavy atom. The van der Waals surface area contributed by atoms with Gasteiger partial charge in [0.2, 0.25) is 5.91 Å². The van der Waals surface area contributed by atoms with Crippen LogP contribution in [0.3, 0.4) is 0 Å². The van der Waals surface area contributed by atoms with Crippen LogP contribution in [0.2, 0.25) is 0 Å². The molecule has 1 fully saturated rings. The molecule has 1 aliphatic rings. The molecule has 1 aliphatic heterocycles. The lowest BCUT2D eigenvalue weighted by Crippen LogP contribution is -2.39. The molecule has 0 radical (unpaired) electrons. The number of rotatable bonds is 6. The third-order valence-corrected chi connectivity index (χ3v) is 5.06. The summed E-state index contributed by atoms with van der Waals surface area (Å²) < 4.78 is 37.9. The third-order valence-electron chi connectivity index (χ3n) is 5.06. The number of amides is 1. The van der Waals surface area contributed by atoms with Crippen molar-refractivity contribution in [3.63, 3.8) is 0 Å². The van der Waals surface area contributed by atoms with Crippen LogP contribution in [0.25, 0.3) is 0 Å². The molecule has 0 spiro atoms. The smallest absolute Gasteiger partial charge is 0.343 e. The summed E-state index contributed by atoms with van der Waals surface area (Å²) in [6, 6.07) is 5.13. The van der Waals surface area contributed by atoms with Crippen LogP contribution in [-0.4, -0.2) is 37.5 Å². The van der Waals surface area contributed by atoms with E-state index in [1.165, 1.54) is 12.1 Å². The second-order valence-corrected chi connectivity index (χ2v) is 6.94. The number of carbonyl (C=O) groups excluding carboxylic acids is 1. The molecule has 7 heteroatoms. The predicted molar refractivity (Wildman–Crippen MR) is 99.6 cm³/mol. The molecule has 1 unspecified atom stereocenters. The van der Waals surface area contributed by atoms with Crippen molar-refractivity contribution < 1.29 is 18.0 Å². The number of alkyl halides is 3. The van der Waals surface area contributed by atoms with E-state index in [-0.39, 0.29) is 24.2 Å². The van der Waals surface area contributed by atoms with E-state index >= 15 is 0 Å². The van der Waals surface area contributed by atoms with Crippen molar-refractivity contribution in [3.05, 3.63) is 35.4 Å². The fourth-order valence-corrected chi connectivity index (χ4v) is 3.33. The molecule has 1 aromatic carbocycles. The highest BCUT2D eigenvalue weighted by atomic mass is 35.5. The van der Waals surface area contributed by atoms with Crippen LogP contribution in [0.1, 0.15) is 49.7 Å². The topological polar surface area (TPSA) is 32.3 Å². The first-order valence-electron chi connectivity index (χ1n) is 8.90. The Morgan fingerprint density at radius 1 is 1.23 bits per heavy atom. The number of nitrogens with one attached hydrogen (secondary N) is 1. The van der Waals surface area contributed by atoms with Crippen LogP contribution < -0.4 is 5.32 Å². The van der Waals surface area contributed by atoms with E-state index in [9.17, 15) is 18.0 Å². The van der Waals surface area contributed by atoms with Gasteiger partial charge in [-0.15, -0.1) is 12.4 Å². The number of likely N-dealkylation sites (tertiary alicyclic amines) is 1.